The second-order valence-electron chi connectivity index (χ2n) is 4.74. The van der Waals surface area contributed by atoms with Crippen molar-refractivity contribution >= 4 is 43.0 Å². The molecule has 0 aliphatic carbocycles. The van der Waals surface area contributed by atoms with Gasteiger partial charge in [0.2, 0.25) is 0 Å². The number of anilines is 3. The maximum Gasteiger partial charge on any atom is 0.263 e. The molecule has 2 rings (SSSR count). The van der Waals surface area contributed by atoms with E-state index in [0.717, 1.165) is 5.69 Å². The van der Waals surface area contributed by atoms with Crippen molar-refractivity contribution in [2.24, 2.45) is 0 Å². The molecule has 21 heavy (non-hydrogen) atoms. The molecule has 0 bridgehead atoms. The molecule has 0 aliphatic rings. The van der Waals surface area contributed by atoms with E-state index in [-0.39, 0.29) is 4.90 Å². The zero-order valence-electron chi connectivity index (χ0n) is 11.7. The number of nitrogens with two attached hydrogens (primary N) is 1. The molecule has 0 fully saturated rings. The minimum atomic E-state index is -3.66. The van der Waals surface area contributed by atoms with E-state index in [1.54, 1.807) is 24.3 Å². The number of benzene rings is 2. The van der Waals surface area contributed by atoms with Crippen LogP contribution in [0.1, 0.15) is 0 Å². The molecule has 0 aliphatic heterocycles. The SMILES string of the molecule is CN(C)c1ccc(NS(=O)(=O)c2ccc(N)cc2Br)cc1. The van der Waals surface area contributed by atoms with Crippen LogP contribution in [0.4, 0.5) is 17.1 Å². The largest absolute Gasteiger partial charge is 0.399 e. The fourth-order valence-electron chi connectivity index (χ4n) is 1.77. The van der Waals surface area contributed by atoms with Crippen molar-refractivity contribution in [2.75, 3.05) is 29.5 Å². The Morgan fingerprint density at radius 3 is 2.24 bits per heavy atom. The number of hydrogen-bond donors (Lipinski definition) is 2. The van der Waals surface area contributed by atoms with Gasteiger partial charge in [0, 0.05) is 35.6 Å². The van der Waals surface area contributed by atoms with Crippen molar-refractivity contribution in [1.29, 1.82) is 0 Å². The summed E-state index contributed by atoms with van der Waals surface area (Å²) in [6.45, 7) is 0. The van der Waals surface area contributed by atoms with Gasteiger partial charge in [-0.25, -0.2) is 8.42 Å². The highest BCUT2D eigenvalue weighted by Crippen LogP contribution is 2.26. The standard InChI is InChI=1S/C14H16BrN3O2S/c1-18(2)12-6-4-11(5-7-12)17-21(19,20)14-8-3-10(16)9-13(14)15/h3-9,17H,16H2,1-2H3. The van der Waals surface area contributed by atoms with Gasteiger partial charge in [-0.3, -0.25) is 4.72 Å². The maximum atomic E-state index is 12.4. The van der Waals surface area contributed by atoms with E-state index in [9.17, 15) is 8.42 Å². The second kappa shape index (κ2) is 5.95. The van der Waals surface area contributed by atoms with Crippen LogP contribution >= 0.6 is 15.9 Å². The summed E-state index contributed by atoms with van der Waals surface area (Å²) < 4.78 is 27.7. The topological polar surface area (TPSA) is 75.4 Å². The van der Waals surface area contributed by atoms with E-state index in [1.807, 2.05) is 31.1 Å². The highest BCUT2D eigenvalue weighted by atomic mass is 79.9. The third kappa shape index (κ3) is 3.68. The van der Waals surface area contributed by atoms with Crippen LogP contribution in [0, 0.1) is 0 Å². The normalized spacial score (nSPS) is 11.2. The highest BCUT2D eigenvalue weighted by molar-refractivity contribution is 9.10. The lowest BCUT2D eigenvalue weighted by atomic mass is 10.3. The highest BCUT2D eigenvalue weighted by Gasteiger charge is 2.17. The number of sulfonamides is 1. The molecule has 3 N–H and O–H groups in total. The van der Waals surface area contributed by atoms with Crippen LogP contribution in [0.25, 0.3) is 0 Å². The molecule has 0 aromatic heterocycles. The first-order chi connectivity index (χ1) is 9.79. The van der Waals surface area contributed by atoms with Crippen molar-refractivity contribution in [2.45, 2.75) is 4.90 Å². The van der Waals surface area contributed by atoms with Crippen LogP contribution in [-0.4, -0.2) is 22.5 Å². The van der Waals surface area contributed by atoms with E-state index in [4.69, 9.17) is 5.73 Å². The molecule has 0 atom stereocenters. The van der Waals surface area contributed by atoms with E-state index < -0.39 is 10.0 Å². The Balaban J connectivity index is 2.28. The summed E-state index contributed by atoms with van der Waals surface area (Å²) in [5, 5.41) is 0. The Bertz CT molecular complexity index is 743. The number of nitrogens with zero attached hydrogens (tertiary/aromatic N) is 1. The van der Waals surface area contributed by atoms with Gasteiger partial charge < -0.3 is 10.6 Å². The van der Waals surface area contributed by atoms with Crippen molar-refractivity contribution in [1.82, 2.24) is 0 Å². The Hall–Kier alpha value is -1.73. The summed E-state index contributed by atoms with van der Waals surface area (Å²) in [5.41, 5.74) is 7.61. The lowest BCUT2D eigenvalue weighted by Gasteiger charge is -2.14. The van der Waals surface area contributed by atoms with Crippen LogP contribution in [0.2, 0.25) is 0 Å². The quantitative estimate of drug-likeness (QED) is 0.812. The molecule has 5 nitrogen and oxygen atoms in total. The monoisotopic (exact) mass is 369 g/mol. The van der Waals surface area contributed by atoms with Gasteiger partial charge in [0.15, 0.2) is 0 Å². The van der Waals surface area contributed by atoms with Crippen LogP contribution in [-0.2, 0) is 10.0 Å². The van der Waals surface area contributed by atoms with Crippen molar-refractivity contribution in [3.63, 3.8) is 0 Å². The number of nitrogen functional groups attached to an aromatic ring is 1. The number of hydrogen-bond acceptors (Lipinski definition) is 4. The molecular formula is C14H16BrN3O2S. The van der Waals surface area contributed by atoms with Gasteiger partial charge in [0.25, 0.3) is 10.0 Å². The zero-order valence-corrected chi connectivity index (χ0v) is 14.1. The Morgan fingerprint density at radius 1 is 1.10 bits per heavy atom. The van der Waals surface area contributed by atoms with Gasteiger partial charge in [0.05, 0.1) is 0 Å². The summed E-state index contributed by atoms with van der Waals surface area (Å²) in [4.78, 5) is 2.09. The molecule has 0 saturated carbocycles. The molecular weight excluding hydrogens is 354 g/mol. The van der Waals surface area contributed by atoms with Crippen molar-refractivity contribution in [3.8, 4) is 0 Å². The molecule has 2 aromatic carbocycles. The first-order valence-electron chi connectivity index (χ1n) is 6.15. The molecule has 7 heteroatoms. The van der Waals surface area contributed by atoms with E-state index in [0.29, 0.717) is 15.8 Å². The lowest BCUT2D eigenvalue weighted by molar-refractivity contribution is 0.601. The molecule has 0 radical (unpaired) electrons. The molecule has 112 valence electrons. The third-order valence-electron chi connectivity index (χ3n) is 2.88. The van der Waals surface area contributed by atoms with E-state index in [2.05, 4.69) is 20.7 Å². The van der Waals surface area contributed by atoms with Crippen LogP contribution in [0.15, 0.2) is 51.8 Å². The molecule has 0 heterocycles. The predicted molar refractivity (Wildman–Crippen MR) is 90.1 cm³/mol. The average molecular weight is 370 g/mol. The Morgan fingerprint density at radius 2 is 1.71 bits per heavy atom. The summed E-state index contributed by atoms with van der Waals surface area (Å²) in [7, 11) is 0.183. The number of halogens is 1. The van der Waals surface area contributed by atoms with Gasteiger partial charge in [-0.15, -0.1) is 0 Å². The van der Waals surface area contributed by atoms with Gasteiger partial charge in [-0.2, -0.15) is 0 Å². The predicted octanol–water partition coefficient (Wildman–Crippen LogP) is 2.90. The second-order valence-corrected chi connectivity index (χ2v) is 7.24. The van der Waals surface area contributed by atoms with Crippen LogP contribution in [0.3, 0.4) is 0 Å². The maximum absolute atomic E-state index is 12.4. The first-order valence-corrected chi connectivity index (χ1v) is 8.42. The van der Waals surface area contributed by atoms with Gasteiger partial charge in [-0.05, 0) is 58.4 Å². The molecule has 2 aromatic rings. The summed E-state index contributed by atoms with van der Waals surface area (Å²) in [6, 6.07) is 11.7. The van der Waals surface area contributed by atoms with E-state index >= 15 is 0 Å². The Kier molecular flexibility index (Phi) is 4.43. The zero-order chi connectivity index (χ0) is 15.6. The van der Waals surface area contributed by atoms with Crippen molar-refractivity contribution < 1.29 is 8.42 Å². The summed E-state index contributed by atoms with van der Waals surface area (Å²) >= 11 is 3.22. The minimum Gasteiger partial charge on any atom is -0.399 e. The molecule has 0 saturated heterocycles. The third-order valence-corrected chi connectivity index (χ3v) is 5.24. The minimum absolute atomic E-state index is 0.147. The smallest absolute Gasteiger partial charge is 0.263 e. The fourth-order valence-corrected chi connectivity index (χ4v) is 3.93. The van der Waals surface area contributed by atoms with Crippen LogP contribution < -0.4 is 15.4 Å². The van der Waals surface area contributed by atoms with E-state index in [1.165, 1.54) is 6.07 Å². The average Bonchev–Trinajstić information content (AvgIpc) is 2.38. The van der Waals surface area contributed by atoms with Gasteiger partial charge >= 0.3 is 0 Å². The molecule has 0 amide bonds. The molecule has 0 unspecified atom stereocenters. The van der Waals surface area contributed by atoms with Gasteiger partial charge in [-0.1, -0.05) is 0 Å². The van der Waals surface area contributed by atoms with Crippen molar-refractivity contribution in [3.05, 3.63) is 46.9 Å². The summed E-state index contributed by atoms with van der Waals surface area (Å²) in [6.07, 6.45) is 0. The number of rotatable bonds is 4. The Labute approximate surface area is 132 Å². The molecule has 0 spiro atoms. The fraction of sp³-hybridized carbons (Fsp3) is 0.143. The summed E-state index contributed by atoms with van der Waals surface area (Å²) in [5.74, 6) is 0. The van der Waals surface area contributed by atoms with Gasteiger partial charge in [0.1, 0.15) is 4.90 Å². The number of nitrogens with one attached hydrogen (secondary N) is 1. The first kappa shape index (κ1) is 15.7. The lowest BCUT2D eigenvalue weighted by Crippen LogP contribution is -2.14. The van der Waals surface area contributed by atoms with Crippen LogP contribution in [0.5, 0.6) is 0 Å².